The number of nitro groups is 1. The summed E-state index contributed by atoms with van der Waals surface area (Å²) < 4.78 is 19.6. The zero-order valence-electron chi connectivity index (χ0n) is 11.0. The third kappa shape index (κ3) is 3.39. The molecule has 0 spiro atoms. The van der Waals surface area contributed by atoms with E-state index >= 15 is 0 Å². The molecule has 0 saturated carbocycles. The second kappa shape index (κ2) is 6.25. The van der Waals surface area contributed by atoms with Gasteiger partial charge in [-0.2, -0.15) is 0 Å². The van der Waals surface area contributed by atoms with E-state index in [1.807, 2.05) is 0 Å². The topological polar surface area (TPSA) is 70.2 Å². The first-order valence-corrected chi connectivity index (χ1v) is 6.06. The summed E-state index contributed by atoms with van der Waals surface area (Å²) in [5, 5.41) is 10.8. The summed E-state index contributed by atoms with van der Waals surface area (Å²) >= 11 is 0. The highest BCUT2D eigenvalue weighted by Crippen LogP contribution is 2.13. The lowest BCUT2D eigenvalue weighted by Gasteiger charge is -2.05. The Balaban J connectivity index is 1.86. The van der Waals surface area contributed by atoms with E-state index in [1.54, 1.807) is 19.1 Å². The Bertz CT molecular complexity index is 595. The average Bonchev–Trinajstić information content (AvgIpc) is 2.78. The molecule has 1 aromatic carbocycles. The van der Waals surface area contributed by atoms with E-state index in [0.717, 1.165) is 5.56 Å². The first-order valence-electron chi connectivity index (χ1n) is 6.06. The van der Waals surface area contributed by atoms with Gasteiger partial charge in [0.05, 0.1) is 13.2 Å². The SMILES string of the molecule is Cc1ncc([N+](=O)[O-])n1CCOCc1ccc(F)cc1. The van der Waals surface area contributed by atoms with Crippen molar-refractivity contribution in [3.8, 4) is 0 Å². The molecule has 0 unspecified atom stereocenters. The molecule has 0 atom stereocenters. The van der Waals surface area contributed by atoms with Crippen LogP contribution in [0.5, 0.6) is 0 Å². The predicted octanol–water partition coefficient (Wildman–Crippen LogP) is 2.46. The van der Waals surface area contributed by atoms with Gasteiger partial charge in [0.2, 0.25) is 0 Å². The molecule has 0 fully saturated rings. The van der Waals surface area contributed by atoms with Gasteiger partial charge in [0.1, 0.15) is 18.6 Å². The first kappa shape index (κ1) is 14.1. The normalized spacial score (nSPS) is 10.7. The third-order valence-electron chi connectivity index (χ3n) is 2.86. The molecule has 0 aliphatic carbocycles. The van der Waals surface area contributed by atoms with Gasteiger partial charge in [-0.1, -0.05) is 12.1 Å². The van der Waals surface area contributed by atoms with Crippen LogP contribution < -0.4 is 0 Å². The lowest BCUT2D eigenvalue weighted by molar-refractivity contribution is -0.392. The molecule has 2 rings (SSSR count). The molecule has 1 aromatic heterocycles. The van der Waals surface area contributed by atoms with Crippen molar-refractivity contribution in [3.63, 3.8) is 0 Å². The predicted molar refractivity (Wildman–Crippen MR) is 69.7 cm³/mol. The minimum atomic E-state index is -0.472. The molecule has 20 heavy (non-hydrogen) atoms. The number of imidazole rings is 1. The molecule has 0 amide bonds. The van der Waals surface area contributed by atoms with Crippen LogP contribution in [-0.4, -0.2) is 21.1 Å². The van der Waals surface area contributed by atoms with Gasteiger partial charge >= 0.3 is 5.82 Å². The van der Waals surface area contributed by atoms with Crippen molar-refractivity contribution in [2.75, 3.05) is 6.61 Å². The molecular weight excluding hydrogens is 265 g/mol. The van der Waals surface area contributed by atoms with Crippen LogP contribution in [0.4, 0.5) is 10.2 Å². The standard InChI is InChI=1S/C13H14FN3O3/c1-10-15-8-13(17(18)19)16(10)6-7-20-9-11-2-4-12(14)5-3-11/h2-5,8H,6-7,9H2,1H3. The molecule has 2 aromatic rings. The molecule has 0 aliphatic heterocycles. The Morgan fingerprint density at radius 2 is 2.10 bits per heavy atom. The van der Waals surface area contributed by atoms with Crippen LogP contribution >= 0.6 is 0 Å². The molecule has 0 aliphatic rings. The van der Waals surface area contributed by atoms with Gasteiger partial charge in [0.25, 0.3) is 0 Å². The zero-order chi connectivity index (χ0) is 14.5. The lowest BCUT2D eigenvalue weighted by Crippen LogP contribution is -2.10. The van der Waals surface area contributed by atoms with Gasteiger partial charge in [-0.05, 0) is 22.6 Å². The highest BCUT2D eigenvalue weighted by Gasteiger charge is 2.16. The number of hydrogen-bond acceptors (Lipinski definition) is 4. The molecule has 0 N–H and O–H groups in total. The zero-order valence-corrected chi connectivity index (χ0v) is 11.0. The fourth-order valence-corrected chi connectivity index (χ4v) is 1.80. The molecule has 1 heterocycles. The van der Waals surface area contributed by atoms with Crippen LogP contribution in [0.25, 0.3) is 0 Å². The number of aryl methyl sites for hydroxylation is 1. The summed E-state index contributed by atoms with van der Waals surface area (Å²) in [6, 6.07) is 6.01. The maximum absolute atomic E-state index is 12.7. The van der Waals surface area contributed by atoms with Crippen LogP contribution in [0.3, 0.4) is 0 Å². The fraction of sp³-hybridized carbons (Fsp3) is 0.308. The summed E-state index contributed by atoms with van der Waals surface area (Å²) in [5.74, 6) is 0.230. The van der Waals surface area contributed by atoms with Gasteiger partial charge in [0.15, 0.2) is 5.82 Å². The number of hydrogen-bond donors (Lipinski definition) is 0. The van der Waals surface area contributed by atoms with E-state index in [1.165, 1.54) is 22.9 Å². The Morgan fingerprint density at radius 3 is 2.75 bits per heavy atom. The van der Waals surface area contributed by atoms with Crippen molar-refractivity contribution < 1.29 is 14.1 Å². The smallest absolute Gasteiger partial charge is 0.342 e. The van der Waals surface area contributed by atoms with Crippen molar-refractivity contribution in [2.45, 2.75) is 20.1 Å². The monoisotopic (exact) mass is 279 g/mol. The lowest BCUT2D eigenvalue weighted by atomic mass is 10.2. The third-order valence-corrected chi connectivity index (χ3v) is 2.86. The highest BCUT2D eigenvalue weighted by atomic mass is 19.1. The highest BCUT2D eigenvalue weighted by molar-refractivity contribution is 5.18. The van der Waals surface area contributed by atoms with Crippen LogP contribution in [0.1, 0.15) is 11.4 Å². The van der Waals surface area contributed by atoms with Crippen LogP contribution in [0, 0.1) is 22.9 Å². The maximum Gasteiger partial charge on any atom is 0.342 e. The number of halogens is 1. The second-order valence-corrected chi connectivity index (χ2v) is 4.25. The van der Waals surface area contributed by atoms with Crippen LogP contribution in [0.2, 0.25) is 0 Å². The van der Waals surface area contributed by atoms with Gasteiger partial charge in [-0.15, -0.1) is 0 Å². The van der Waals surface area contributed by atoms with E-state index in [-0.39, 0.29) is 11.6 Å². The average molecular weight is 279 g/mol. The molecule has 6 nitrogen and oxygen atoms in total. The summed E-state index contributed by atoms with van der Waals surface area (Å²) in [7, 11) is 0. The quantitative estimate of drug-likeness (QED) is 0.462. The molecule has 0 bridgehead atoms. The Hall–Kier alpha value is -2.28. The molecule has 0 saturated heterocycles. The number of aromatic nitrogens is 2. The summed E-state index contributed by atoms with van der Waals surface area (Å²) in [4.78, 5) is 14.2. The number of rotatable bonds is 6. The number of ether oxygens (including phenoxy) is 1. The van der Waals surface area contributed by atoms with Gasteiger partial charge in [0, 0.05) is 6.92 Å². The maximum atomic E-state index is 12.7. The Morgan fingerprint density at radius 1 is 1.40 bits per heavy atom. The van der Waals surface area contributed by atoms with Crippen molar-refractivity contribution >= 4 is 5.82 Å². The van der Waals surface area contributed by atoms with Crippen molar-refractivity contribution in [3.05, 3.63) is 57.8 Å². The van der Waals surface area contributed by atoms with Gasteiger partial charge in [-0.25, -0.2) is 13.9 Å². The Kier molecular flexibility index (Phi) is 4.41. The van der Waals surface area contributed by atoms with Crippen molar-refractivity contribution in [2.24, 2.45) is 0 Å². The molecule has 106 valence electrons. The minimum absolute atomic E-state index is 0.0483. The summed E-state index contributed by atoms with van der Waals surface area (Å²) in [6.07, 6.45) is 1.23. The van der Waals surface area contributed by atoms with Crippen molar-refractivity contribution in [1.29, 1.82) is 0 Å². The van der Waals surface area contributed by atoms with Crippen LogP contribution in [-0.2, 0) is 17.9 Å². The largest absolute Gasteiger partial charge is 0.373 e. The second-order valence-electron chi connectivity index (χ2n) is 4.25. The fourth-order valence-electron chi connectivity index (χ4n) is 1.80. The van der Waals surface area contributed by atoms with E-state index in [9.17, 15) is 14.5 Å². The minimum Gasteiger partial charge on any atom is -0.373 e. The van der Waals surface area contributed by atoms with Gasteiger partial charge in [-0.3, -0.25) is 0 Å². The number of benzene rings is 1. The van der Waals surface area contributed by atoms with Crippen LogP contribution in [0.15, 0.2) is 30.5 Å². The van der Waals surface area contributed by atoms with E-state index in [4.69, 9.17) is 4.74 Å². The van der Waals surface area contributed by atoms with Crippen molar-refractivity contribution in [1.82, 2.24) is 9.55 Å². The van der Waals surface area contributed by atoms with E-state index in [0.29, 0.717) is 25.6 Å². The number of nitrogens with zero attached hydrogens (tertiary/aromatic N) is 3. The van der Waals surface area contributed by atoms with Gasteiger partial charge < -0.3 is 14.9 Å². The van der Waals surface area contributed by atoms with E-state index in [2.05, 4.69) is 4.98 Å². The van der Waals surface area contributed by atoms with E-state index < -0.39 is 4.92 Å². The summed E-state index contributed by atoms with van der Waals surface area (Å²) in [6.45, 7) is 2.70. The molecule has 0 radical (unpaired) electrons. The first-order chi connectivity index (χ1) is 9.58. The Labute approximate surface area is 115 Å². The molecule has 7 heteroatoms. The molecular formula is C13H14FN3O3. The summed E-state index contributed by atoms with van der Waals surface area (Å²) in [5.41, 5.74) is 0.850.